The molecule has 0 bridgehead atoms. The Labute approximate surface area is 236 Å². The van der Waals surface area contributed by atoms with Gasteiger partial charge < -0.3 is 10.1 Å². The van der Waals surface area contributed by atoms with E-state index in [0.717, 1.165) is 16.3 Å². The monoisotopic (exact) mass is 576 g/mol. The van der Waals surface area contributed by atoms with E-state index in [4.69, 9.17) is 27.9 Å². The molecule has 5 aromatic carbocycles. The Morgan fingerprint density at radius 2 is 1.54 bits per heavy atom. The first-order valence-electron chi connectivity index (χ1n) is 11.9. The molecular weight excluding hydrogens is 555 g/mol. The van der Waals surface area contributed by atoms with Crippen molar-refractivity contribution in [2.75, 3.05) is 10.0 Å². The Hall–Kier alpha value is -4.04. The van der Waals surface area contributed by atoms with Crippen molar-refractivity contribution >= 4 is 61.3 Å². The standard InChI is InChI=1S/C30H22Cl2N2O4S/c1-19-10-11-20-6-2-3-7-24(20)29(19)33-30(35)25-18-21(31)12-17-27(25)34-39(36,37)23-15-13-22(14-16-23)38-28-9-5-4-8-26(28)32/h2-18,34H,1H3,(H,33,35). The summed E-state index contributed by atoms with van der Waals surface area (Å²) in [5.41, 5.74) is 1.68. The second kappa shape index (κ2) is 11.0. The van der Waals surface area contributed by atoms with E-state index in [-0.39, 0.29) is 16.1 Å². The summed E-state index contributed by atoms with van der Waals surface area (Å²) >= 11 is 12.3. The van der Waals surface area contributed by atoms with E-state index >= 15 is 0 Å². The average molecular weight is 577 g/mol. The largest absolute Gasteiger partial charge is 0.456 e. The fourth-order valence-electron chi connectivity index (χ4n) is 4.07. The van der Waals surface area contributed by atoms with Crippen molar-refractivity contribution < 1.29 is 17.9 Å². The minimum atomic E-state index is -4.05. The Balaban J connectivity index is 1.40. The first-order chi connectivity index (χ1) is 18.7. The van der Waals surface area contributed by atoms with Crippen LogP contribution in [-0.4, -0.2) is 14.3 Å². The minimum absolute atomic E-state index is 0.0137. The number of rotatable bonds is 7. The molecular formula is C30H22Cl2N2O4S. The van der Waals surface area contributed by atoms with Crippen LogP contribution in [0.4, 0.5) is 11.4 Å². The lowest BCUT2D eigenvalue weighted by atomic mass is 10.0. The number of para-hydroxylation sites is 1. The predicted octanol–water partition coefficient (Wildman–Crippen LogP) is 8.30. The Bertz CT molecular complexity index is 1810. The number of amides is 1. The molecule has 0 aliphatic rings. The lowest BCUT2D eigenvalue weighted by molar-refractivity contribution is 0.102. The van der Waals surface area contributed by atoms with Crippen LogP contribution in [0.25, 0.3) is 10.8 Å². The molecule has 2 N–H and O–H groups in total. The Morgan fingerprint density at radius 3 is 2.31 bits per heavy atom. The van der Waals surface area contributed by atoms with Crippen molar-refractivity contribution in [3.05, 3.63) is 124 Å². The van der Waals surface area contributed by atoms with E-state index in [1.807, 2.05) is 43.3 Å². The lowest BCUT2D eigenvalue weighted by Gasteiger charge is -2.16. The molecule has 5 aromatic rings. The van der Waals surface area contributed by atoms with Crippen molar-refractivity contribution in [2.24, 2.45) is 0 Å². The van der Waals surface area contributed by atoms with E-state index in [1.54, 1.807) is 24.3 Å². The van der Waals surface area contributed by atoms with Gasteiger partial charge >= 0.3 is 0 Å². The van der Waals surface area contributed by atoms with Gasteiger partial charge in [-0.25, -0.2) is 8.42 Å². The predicted molar refractivity (Wildman–Crippen MR) is 157 cm³/mol. The van der Waals surface area contributed by atoms with E-state index in [0.29, 0.717) is 27.2 Å². The zero-order valence-electron chi connectivity index (χ0n) is 20.6. The van der Waals surface area contributed by atoms with Gasteiger partial charge in [-0.05, 0) is 72.5 Å². The second-order valence-corrected chi connectivity index (χ2v) is 11.3. The molecule has 0 aromatic heterocycles. The van der Waals surface area contributed by atoms with Gasteiger partial charge in [0.1, 0.15) is 11.5 Å². The van der Waals surface area contributed by atoms with E-state index in [2.05, 4.69) is 10.0 Å². The maximum absolute atomic E-state index is 13.4. The van der Waals surface area contributed by atoms with Crippen molar-refractivity contribution in [3.63, 3.8) is 0 Å². The number of sulfonamides is 1. The summed E-state index contributed by atoms with van der Waals surface area (Å²) in [7, 11) is -4.05. The van der Waals surface area contributed by atoms with Crippen LogP contribution in [0.5, 0.6) is 11.5 Å². The third-order valence-corrected chi connectivity index (χ3v) is 7.97. The van der Waals surface area contributed by atoms with E-state index in [1.165, 1.54) is 42.5 Å². The molecule has 0 spiro atoms. The Morgan fingerprint density at radius 1 is 0.821 bits per heavy atom. The summed E-state index contributed by atoms with van der Waals surface area (Å²) in [6, 6.07) is 28.8. The van der Waals surface area contributed by atoms with Crippen LogP contribution in [-0.2, 0) is 10.0 Å². The van der Waals surface area contributed by atoms with Crippen LogP contribution in [0.3, 0.4) is 0 Å². The highest BCUT2D eigenvalue weighted by Gasteiger charge is 2.21. The molecule has 0 radical (unpaired) electrons. The van der Waals surface area contributed by atoms with Crippen LogP contribution in [0.1, 0.15) is 15.9 Å². The molecule has 0 atom stereocenters. The second-order valence-electron chi connectivity index (χ2n) is 8.73. The van der Waals surface area contributed by atoms with Crippen molar-refractivity contribution in [3.8, 4) is 11.5 Å². The molecule has 0 heterocycles. The smallest absolute Gasteiger partial charge is 0.261 e. The number of benzene rings is 5. The number of carbonyl (C=O) groups excluding carboxylic acids is 1. The van der Waals surface area contributed by atoms with Crippen LogP contribution >= 0.6 is 23.2 Å². The number of nitrogens with one attached hydrogen (secondary N) is 2. The van der Waals surface area contributed by atoms with E-state index in [9.17, 15) is 13.2 Å². The van der Waals surface area contributed by atoms with Crippen molar-refractivity contribution in [2.45, 2.75) is 11.8 Å². The zero-order chi connectivity index (χ0) is 27.6. The summed E-state index contributed by atoms with van der Waals surface area (Å²) in [5, 5.41) is 5.50. The molecule has 0 aliphatic carbocycles. The fraction of sp³-hybridized carbons (Fsp3) is 0.0333. The summed E-state index contributed by atoms with van der Waals surface area (Å²) in [5.74, 6) is 0.364. The molecule has 0 saturated carbocycles. The minimum Gasteiger partial charge on any atom is -0.456 e. The number of fused-ring (bicyclic) bond motifs is 1. The molecule has 0 unspecified atom stereocenters. The van der Waals surface area contributed by atoms with Gasteiger partial charge in [0.2, 0.25) is 0 Å². The van der Waals surface area contributed by atoms with Gasteiger partial charge in [-0.15, -0.1) is 0 Å². The van der Waals surface area contributed by atoms with E-state index < -0.39 is 15.9 Å². The third-order valence-electron chi connectivity index (χ3n) is 6.04. The van der Waals surface area contributed by atoms with Gasteiger partial charge in [-0.2, -0.15) is 0 Å². The molecule has 0 aliphatic heterocycles. The first-order valence-corrected chi connectivity index (χ1v) is 14.1. The van der Waals surface area contributed by atoms with Gasteiger partial charge in [0.25, 0.3) is 15.9 Å². The molecule has 0 fully saturated rings. The van der Waals surface area contributed by atoms with Crippen LogP contribution in [0.15, 0.2) is 108 Å². The summed E-state index contributed by atoms with van der Waals surface area (Å²) in [6.07, 6.45) is 0. The first kappa shape index (κ1) is 26.6. The lowest BCUT2D eigenvalue weighted by Crippen LogP contribution is -2.19. The number of halogens is 2. The maximum atomic E-state index is 13.4. The molecule has 6 nitrogen and oxygen atoms in total. The molecule has 1 amide bonds. The number of hydrogen-bond acceptors (Lipinski definition) is 4. The van der Waals surface area contributed by atoms with Gasteiger partial charge in [0.05, 0.1) is 26.9 Å². The quantitative estimate of drug-likeness (QED) is 0.204. The fourth-order valence-corrected chi connectivity index (χ4v) is 5.49. The van der Waals surface area contributed by atoms with Crippen LogP contribution in [0, 0.1) is 6.92 Å². The highest BCUT2D eigenvalue weighted by molar-refractivity contribution is 7.92. The van der Waals surface area contributed by atoms with Gasteiger partial charge in [-0.1, -0.05) is 71.7 Å². The number of hydrogen-bond donors (Lipinski definition) is 2. The van der Waals surface area contributed by atoms with Crippen molar-refractivity contribution in [1.29, 1.82) is 0 Å². The molecule has 196 valence electrons. The average Bonchev–Trinajstić information content (AvgIpc) is 2.93. The molecule has 39 heavy (non-hydrogen) atoms. The molecule has 0 saturated heterocycles. The molecule has 9 heteroatoms. The Kier molecular flexibility index (Phi) is 7.48. The van der Waals surface area contributed by atoms with Gasteiger partial charge in [0.15, 0.2) is 0 Å². The highest BCUT2D eigenvalue weighted by Crippen LogP contribution is 2.31. The number of aryl methyl sites for hydroxylation is 1. The highest BCUT2D eigenvalue weighted by atomic mass is 35.5. The maximum Gasteiger partial charge on any atom is 0.261 e. The van der Waals surface area contributed by atoms with Crippen LogP contribution in [0.2, 0.25) is 10.0 Å². The topological polar surface area (TPSA) is 84.5 Å². The number of carbonyl (C=O) groups is 1. The van der Waals surface area contributed by atoms with Crippen molar-refractivity contribution in [1.82, 2.24) is 0 Å². The number of anilines is 2. The molecule has 5 rings (SSSR count). The zero-order valence-corrected chi connectivity index (χ0v) is 22.9. The normalized spacial score (nSPS) is 11.3. The SMILES string of the molecule is Cc1ccc2ccccc2c1NC(=O)c1cc(Cl)ccc1NS(=O)(=O)c1ccc(Oc2ccccc2Cl)cc1. The summed E-state index contributed by atoms with van der Waals surface area (Å²) in [4.78, 5) is 13.4. The van der Waals surface area contributed by atoms with Gasteiger partial charge in [-0.3, -0.25) is 9.52 Å². The summed E-state index contributed by atoms with van der Waals surface area (Å²) in [6.45, 7) is 1.89. The summed E-state index contributed by atoms with van der Waals surface area (Å²) < 4.78 is 34.7. The van der Waals surface area contributed by atoms with Crippen LogP contribution < -0.4 is 14.8 Å². The number of ether oxygens (including phenoxy) is 1. The van der Waals surface area contributed by atoms with Gasteiger partial charge in [0, 0.05) is 10.4 Å². The third kappa shape index (κ3) is 5.86.